The highest BCUT2D eigenvalue weighted by Crippen LogP contribution is 2.46. The van der Waals surface area contributed by atoms with E-state index in [1.54, 1.807) is 26.3 Å². The molecule has 0 radical (unpaired) electrons. The van der Waals surface area contributed by atoms with Crippen molar-refractivity contribution in [2.45, 2.75) is 17.8 Å². The van der Waals surface area contributed by atoms with Crippen LogP contribution < -0.4 is 19.9 Å². The number of carbonyl (C=O) groups excluding carboxylic acids is 1. The Morgan fingerprint density at radius 1 is 1.27 bits per heavy atom. The monoisotopic (exact) mass is 324 g/mol. The number of Topliss-reactive ketones (excluding diaryl/α,β-unsaturated/α-hetero) is 1. The fourth-order valence-electron chi connectivity index (χ4n) is 2.48. The van der Waals surface area contributed by atoms with Gasteiger partial charge >= 0.3 is 0 Å². The molecule has 0 aliphatic carbocycles. The van der Waals surface area contributed by atoms with Crippen molar-refractivity contribution in [1.29, 1.82) is 0 Å². The van der Waals surface area contributed by atoms with Crippen LogP contribution in [0.3, 0.4) is 0 Å². The zero-order valence-corrected chi connectivity index (χ0v) is 13.9. The van der Waals surface area contributed by atoms with Crippen LogP contribution >= 0.6 is 11.8 Å². The summed E-state index contributed by atoms with van der Waals surface area (Å²) in [6.07, 6.45) is 1.63. The number of aliphatic imine (C=N–C) groups is 1. The van der Waals surface area contributed by atoms with E-state index >= 15 is 0 Å². The molecule has 1 aliphatic rings. The van der Waals surface area contributed by atoms with Crippen LogP contribution in [0, 0.1) is 0 Å². The number of ketones is 1. The number of rotatable bonds is 5. The molecule has 22 heavy (non-hydrogen) atoms. The summed E-state index contributed by atoms with van der Waals surface area (Å²) in [7, 11) is 4.62. The third-order valence-corrected chi connectivity index (χ3v) is 4.82. The molecule has 1 aromatic carbocycles. The normalized spacial score (nSPS) is 24.0. The summed E-state index contributed by atoms with van der Waals surface area (Å²) in [5.41, 5.74) is 5.25. The van der Waals surface area contributed by atoms with Crippen LogP contribution in [0.4, 0.5) is 0 Å². The fourth-order valence-corrected chi connectivity index (χ4v) is 3.49. The van der Waals surface area contributed by atoms with E-state index in [-0.39, 0.29) is 11.3 Å². The Bertz CT molecular complexity index is 605. The predicted molar refractivity (Wildman–Crippen MR) is 87.4 cm³/mol. The number of carbonyl (C=O) groups is 1. The van der Waals surface area contributed by atoms with E-state index in [4.69, 9.17) is 19.9 Å². The maximum Gasteiger partial charge on any atom is 0.203 e. The molecule has 0 saturated carbocycles. The number of nitrogens with zero attached hydrogens (tertiary/aromatic N) is 1. The van der Waals surface area contributed by atoms with Gasteiger partial charge in [0.25, 0.3) is 0 Å². The molecule has 2 rings (SSSR count). The van der Waals surface area contributed by atoms with Gasteiger partial charge in [-0.05, 0) is 19.1 Å². The van der Waals surface area contributed by atoms with Gasteiger partial charge in [-0.25, -0.2) is 0 Å². The van der Waals surface area contributed by atoms with Crippen molar-refractivity contribution < 1.29 is 19.0 Å². The van der Waals surface area contributed by atoms with Gasteiger partial charge < -0.3 is 19.9 Å². The van der Waals surface area contributed by atoms with Crippen LogP contribution in [0.1, 0.15) is 12.5 Å². The van der Waals surface area contributed by atoms with Crippen LogP contribution in [-0.4, -0.2) is 44.6 Å². The van der Waals surface area contributed by atoms with Crippen LogP contribution in [0.5, 0.6) is 17.2 Å². The first-order valence-electron chi connectivity index (χ1n) is 6.72. The summed E-state index contributed by atoms with van der Waals surface area (Å²) in [5.74, 6) is 1.94. The Labute approximate surface area is 134 Å². The van der Waals surface area contributed by atoms with Crippen molar-refractivity contribution in [1.82, 2.24) is 0 Å². The number of ether oxygens (including phenoxy) is 3. The molecule has 120 valence electrons. The Morgan fingerprint density at radius 2 is 1.95 bits per heavy atom. The van der Waals surface area contributed by atoms with E-state index in [1.807, 2.05) is 6.07 Å². The van der Waals surface area contributed by atoms with E-state index in [0.29, 0.717) is 28.6 Å². The van der Waals surface area contributed by atoms with Crippen LogP contribution in [0.25, 0.3) is 0 Å². The van der Waals surface area contributed by atoms with Gasteiger partial charge in [0.2, 0.25) is 5.75 Å². The predicted octanol–water partition coefficient (Wildman–Crippen LogP) is 1.60. The maximum absolute atomic E-state index is 12.4. The standard InChI is InChI=1S/C15H20N2O4S/c1-9(18)15(7-17-14(16)22-8-15)10-5-6-11(19-2)13(21-4)12(10)20-3/h5-7,14H,8,16H2,1-4H3. The molecule has 1 heterocycles. The summed E-state index contributed by atoms with van der Waals surface area (Å²) in [4.78, 5) is 16.6. The molecular formula is C15H20N2O4S. The second-order valence-corrected chi connectivity index (χ2v) is 5.99. The molecule has 2 N–H and O–H groups in total. The van der Waals surface area contributed by atoms with Crippen molar-refractivity contribution in [3.63, 3.8) is 0 Å². The lowest BCUT2D eigenvalue weighted by Crippen LogP contribution is -2.43. The largest absolute Gasteiger partial charge is 0.493 e. The lowest BCUT2D eigenvalue weighted by atomic mass is 9.79. The highest BCUT2D eigenvalue weighted by molar-refractivity contribution is 8.00. The van der Waals surface area contributed by atoms with E-state index in [1.165, 1.54) is 26.0 Å². The van der Waals surface area contributed by atoms with Gasteiger partial charge in [0.15, 0.2) is 11.5 Å². The highest BCUT2D eigenvalue weighted by atomic mass is 32.2. The highest BCUT2D eigenvalue weighted by Gasteiger charge is 2.42. The van der Waals surface area contributed by atoms with E-state index in [2.05, 4.69) is 4.99 Å². The SMILES string of the molecule is COc1ccc(C2(C(C)=O)C=NC(N)SC2)c(OC)c1OC. The molecule has 0 saturated heterocycles. The first-order chi connectivity index (χ1) is 10.5. The second kappa shape index (κ2) is 6.58. The fraction of sp³-hybridized carbons (Fsp3) is 0.467. The quantitative estimate of drug-likeness (QED) is 0.886. The molecule has 1 aromatic rings. The van der Waals surface area contributed by atoms with Gasteiger partial charge in [-0.3, -0.25) is 9.79 Å². The van der Waals surface area contributed by atoms with Crippen molar-refractivity contribution in [3.8, 4) is 17.2 Å². The summed E-state index contributed by atoms with van der Waals surface area (Å²) in [6, 6.07) is 3.57. The third kappa shape index (κ3) is 2.66. The zero-order chi connectivity index (χ0) is 16.3. The Balaban J connectivity index is 2.68. The van der Waals surface area contributed by atoms with Gasteiger partial charge in [0, 0.05) is 17.5 Å². The summed E-state index contributed by atoms with van der Waals surface area (Å²) in [5, 5.41) is 0. The van der Waals surface area contributed by atoms with Crippen molar-refractivity contribution in [3.05, 3.63) is 17.7 Å². The first kappa shape index (κ1) is 16.6. The van der Waals surface area contributed by atoms with Gasteiger partial charge in [-0.1, -0.05) is 0 Å². The summed E-state index contributed by atoms with van der Waals surface area (Å²) >= 11 is 1.42. The van der Waals surface area contributed by atoms with Crippen molar-refractivity contribution >= 4 is 23.8 Å². The number of methoxy groups -OCH3 is 3. The third-order valence-electron chi connectivity index (χ3n) is 3.74. The number of nitrogens with two attached hydrogens (primary N) is 1. The van der Waals surface area contributed by atoms with Gasteiger partial charge in [0.1, 0.15) is 16.7 Å². The molecule has 1 aliphatic heterocycles. The molecule has 2 atom stereocenters. The Kier molecular flexibility index (Phi) is 4.97. The Hall–Kier alpha value is -1.73. The van der Waals surface area contributed by atoms with E-state index in [9.17, 15) is 4.79 Å². The van der Waals surface area contributed by atoms with E-state index in [0.717, 1.165) is 0 Å². The number of thioether (sulfide) groups is 1. The molecule has 0 spiro atoms. The summed E-state index contributed by atoms with van der Waals surface area (Å²) < 4.78 is 16.2. The van der Waals surface area contributed by atoms with Crippen LogP contribution in [0.2, 0.25) is 0 Å². The van der Waals surface area contributed by atoms with E-state index < -0.39 is 5.41 Å². The lowest BCUT2D eigenvalue weighted by molar-refractivity contribution is -0.119. The molecule has 0 fully saturated rings. The maximum atomic E-state index is 12.4. The average Bonchev–Trinajstić information content (AvgIpc) is 2.54. The number of benzene rings is 1. The van der Waals surface area contributed by atoms with Gasteiger partial charge in [-0.2, -0.15) is 0 Å². The van der Waals surface area contributed by atoms with Crippen LogP contribution in [-0.2, 0) is 10.2 Å². The minimum absolute atomic E-state index is 0.0267. The second-order valence-electron chi connectivity index (χ2n) is 4.89. The molecule has 2 unspecified atom stereocenters. The minimum atomic E-state index is -0.884. The lowest BCUT2D eigenvalue weighted by Gasteiger charge is -2.33. The van der Waals surface area contributed by atoms with Gasteiger partial charge in [0.05, 0.1) is 21.3 Å². The molecule has 0 bridgehead atoms. The molecular weight excluding hydrogens is 304 g/mol. The van der Waals surface area contributed by atoms with Gasteiger partial charge in [-0.15, -0.1) is 11.8 Å². The number of hydrogen-bond acceptors (Lipinski definition) is 7. The topological polar surface area (TPSA) is 83.1 Å². The number of hydrogen-bond donors (Lipinski definition) is 1. The minimum Gasteiger partial charge on any atom is -0.493 e. The smallest absolute Gasteiger partial charge is 0.203 e. The Morgan fingerprint density at radius 3 is 2.41 bits per heavy atom. The van der Waals surface area contributed by atoms with Crippen LogP contribution in [0.15, 0.2) is 17.1 Å². The van der Waals surface area contributed by atoms with Crippen molar-refractivity contribution in [2.24, 2.45) is 10.7 Å². The first-order valence-corrected chi connectivity index (χ1v) is 7.77. The molecule has 7 heteroatoms. The molecule has 0 aromatic heterocycles. The molecule has 6 nitrogen and oxygen atoms in total. The zero-order valence-electron chi connectivity index (χ0n) is 13.1. The molecule has 0 amide bonds. The van der Waals surface area contributed by atoms with Crippen molar-refractivity contribution in [2.75, 3.05) is 27.1 Å². The average molecular weight is 324 g/mol. The summed E-state index contributed by atoms with van der Waals surface area (Å²) in [6.45, 7) is 1.54.